The van der Waals surface area contributed by atoms with Gasteiger partial charge >= 0.3 is 0 Å². The Balaban J connectivity index is 2.94. The van der Waals surface area contributed by atoms with Gasteiger partial charge in [-0.2, -0.15) is 0 Å². The van der Waals surface area contributed by atoms with Crippen molar-refractivity contribution in [3.05, 3.63) is 18.2 Å². The van der Waals surface area contributed by atoms with Crippen LogP contribution in [0.4, 0.5) is 0 Å². The van der Waals surface area contributed by atoms with Crippen LogP contribution in [0.3, 0.4) is 0 Å². The predicted molar refractivity (Wildman–Crippen MR) is 52.3 cm³/mol. The van der Waals surface area contributed by atoms with Crippen molar-refractivity contribution in [2.24, 2.45) is 5.41 Å². The van der Waals surface area contributed by atoms with Crippen LogP contribution in [0.5, 0.6) is 0 Å². The second kappa shape index (κ2) is 3.50. The van der Waals surface area contributed by atoms with Crippen LogP contribution in [0.1, 0.15) is 39.6 Å². The van der Waals surface area contributed by atoms with E-state index in [0.29, 0.717) is 0 Å². The molecule has 0 aliphatic rings. The van der Waals surface area contributed by atoms with Crippen LogP contribution in [0, 0.1) is 5.41 Å². The van der Waals surface area contributed by atoms with Gasteiger partial charge in [-0.05, 0) is 12.3 Å². The van der Waals surface area contributed by atoms with Crippen LogP contribution in [-0.2, 0) is 6.54 Å². The molecule has 1 aromatic rings. The molecule has 3 nitrogen and oxygen atoms in total. The maximum absolute atomic E-state index is 9.97. The van der Waals surface area contributed by atoms with E-state index in [9.17, 15) is 5.11 Å². The van der Waals surface area contributed by atoms with Gasteiger partial charge < -0.3 is 9.67 Å². The van der Waals surface area contributed by atoms with Crippen molar-refractivity contribution < 1.29 is 5.11 Å². The standard InChI is InChI=1S/C10H18N2O/c1-5-12-7-6-11-9(12)8(13)10(2,3)4/h6-8,13H,5H2,1-4H3. The molecule has 1 heterocycles. The molecule has 0 aromatic carbocycles. The maximum atomic E-state index is 9.97. The fourth-order valence-corrected chi connectivity index (χ4v) is 1.22. The van der Waals surface area contributed by atoms with Crippen LogP contribution in [0.15, 0.2) is 12.4 Å². The summed E-state index contributed by atoms with van der Waals surface area (Å²) in [6.45, 7) is 8.91. The summed E-state index contributed by atoms with van der Waals surface area (Å²) in [5, 5.41) is 9.97. The van der Waals surface area contributed by atoms with Gasteiger partial charge in [0.1, 0.15) is 11.9 Å². The number of nitrogens with zero attached hydrogens (tertiary/aromatic N) is 2. The Morgan fingerprint density at radius 3 is 2.62 bits per heavy atom. The molecular formula is C10H18N2O. The summed E-state index contributed by atoms with van der Waals surface area (Å²) in [7, 11) is 0. The lowest BCUT2D eigenvalue weighted by molar-refractivity contribution is 0.0519. The minimum absolute atomic E-state index is 0.154. The van der Waals surface area contributed by atoms with Crippen molar-refractivity contribution in [2.45, 2.75) is 40.3 Å². The van der Waals surface area contributed by atoms with E-state index >= 15 is 0 Å². The normalized spacial score (nSPS) is 14.5. The fraction of sp³-hybridized carbons (Fsp3) is 0.700. The van der Waals surface area contributed by atoms with Gasteiger partial charge in [0.15, 0.2) is 0 Å². The first-order chi connectivity index (χ1) is 5.96. The Labute approximate surface area is 79.4 Å². The first-order valence-electron chi connectivity index (χ1n) is 4.66. The molecule has 0 saturated heterocycles. The van der Waals surface area contributed by atoms with Crippen LogP contribution < -0.4 is 0 Å². The van der Waals surface area contributed by atoms with Gasteiger partial charge in [-0.3, -0.25) is 0 Å². The lowest BCUT2D eigenvalue weighted by atomic mass is 9.88. The number of hydrogen-bond donors (Lipinski definition) is 1. The number of aryl methyl sites for hydroxylation is 1. The van der Waals surface area contributed by atoms with E-state index in [-0.39, 0.29) is 5.41 Å². The van der Waals surface area contributed by atoms with Crippen LogP contribution >= 0.6 is 0 Å². The molecule has 1 unspecified atom stereocenters. The Morgan fingerprint density at radius 1 is 1.54 bits per heavy atom. The molecule has 0 aliphatic heterocycles. The summed E-state index contributed by atoms with van der Waals surface area (Å²) in [6, 6.07) is 0. The minimum Gasteiger partial charge on any atom is -0.385 e. The van der Waals surface area contributed by atoms with Crippen molar-refractivity contribution in [2.75, 3.05) is 0 Å². The van der Waals surface area contributed by atoms with Gasteiger partial charge in [0.25, 0.3) is 0 Å². The lowest BCUT2D eigenvalue weighted by Gasteiger charge is -2.25. The summed E-state index contributed by atoms with van der Waals surface area (Å²) in [6.07, 6.45) is 3.13. The van der Waals surface area contributed by atoms with E-state index in [1.165, 1.54) is 0 Å². The van der Waals surface area contributed by atoms with Gasteiger partial charge in [0, 0.05) is 18.9 Å². The molecular weight excluding hydrogens is 164 g/mol. The number of rotatable bonds is 2. The van der Waals surface area contributed by atoms with Gasteiger partial charge in [0.05, 0.1) is 0 Å². The van der Waals surface area contributed by atoms with Gasteiger partial charge in [-0.15, -0.1) is 0 Å². The SMILES string of the molecule is CCn1ccnc1C(O)C(C)(C)C. The third-order valence-electron chi connectivity index (χ3n) is 2.15. The molecule has 0 aliphatic carbocycles. The second-order valence-corrected chi connectivity index (χ2v) is 4.34. The van der Waals surface area contributed by atoms with E-state index in [1.807, 2.05) is 38.5 Å². The quantitative estimate of drug-likeness (QED) is 0.759. The topological polar surface area (TPSA) is 38.0 Å². The van der Waals surface area contributed by atoms with Crippen LogP contribution in [0.2, 0.25) is 0 Å². The van der Waals surface area contributed by atoms with Gasteiger partial charge in [0.2, 0.25) is 0 Å². The molecule has 1 N–H and O–H groups in total. The number of aliphatic hydroxyl groups is 1. The Morgan fingerprint density at radius 2 is 2.15 bits per heavy atom. The summed E-state index contributed by atoms with van der Waals surface area (Å²) >= 11 is 0. The fourth-order valence-electron chi connectivity index (χ4n) is 1.22. The van der Waals surface area contributed by atoms with Crippen molar-refractivity contribution in [1.29, 1.82) is 0 Å². The molecule has 0 saturated carbocycles. The maximum Gasteiger partial charge on any atom is 0.138 e. The highest BCUT2D eigenvalue weighted by molar-refractivity contribution is 5.00. The van der Waals surface area contributed by atoms with E-state index in [0.717, 1.165) is 12.4 Å². The largest absolute Gasteiger partial charge is 0.385 e. The van der Waals surface area contributed by atoms with Crippen molar-refractivity contribution >= 4 is 0 Å². The zero-order chi connectivity index (χ0) is 10.1. The number of hydrogen-bond acceptors (Lipinski definition) is 2. The molecule has 1 rings (SSSR count). The van der Waals surface area contributed by atoms with E-state index < -0.39 is 6.10 Å². The first kappa shape index (κ1) is 10.3. The Kier molecular flexibility index (Phi) is 2.76. The highest BCUT2D eigenvalue weighted by atomic mass is 16.3. The zero-order valence-corrected chi connectivity index (χ0v) is 8.78. The molecule has 13 heavy (non-hydrogen) atoms. The zero-order valence-electron chi connectivity index (χ0n) is 8.78. The average molecular weight is 182 g/mol. The molecule has 74 valence electrons. The number of aromatic nitrogens is 2. The molecule has 0 radical (unpaired) electrons. The molecule has 0 spiro atoms. The molecule has 0 bridgehead atoms. The van der Waals surface area contributed by atoms with Gasteiger partial charge in [-0.25, -0.2) is 4.98 Å². The monoisotopic (exact) mass is 182 g/mol. The summed E-state index contributed by atoms with van der Waals surface area (Å²) in [4.78, 5) is 4.17. The Bertz CT molecular complexity index is 273. The van der Waals surface area contributed by atoms with Crippen LogP contribution in [-0.4, -0.2) is 14.7 Å². The third kappa shape index (κ3) is 2.10. The van der Waals surface area contributed by atoms with E-state index in [1.54, 1.807) is 6.20 Å². The third-order valence-corrected chi connectivity index (χ3v) is 2.15. The second-order valence-electron chi connectivity index (χ2n) is 4.34. The summed E-state index contributed by atoms with van der Waals surface area (Å²) in [5.41, 5.74) is -0.154. The van der Waals surface area contributed by atoms with Crippen molar-refractivity contribution in [3.8, 4) is 0 Å². The van der Waals surface area contributed by atoms with Gasteiger partial charge in [-0.1, -0.05) is 20.8 Å². The Hall–Kier alpha value is -0.830. The van der Waals surface area contributed by atoms with Crippen molar-refractivity contribution in [3.63, 3.8) is 0 Å². The van der Waals surface area contributed by atoms with Crippen LogP contribution in [0.25, 0.3) is 0 Å². The number of aliphatic hydroxyl groups excluding tert-OH is 1. The lowest BCUT2D eigenvalue weighted by Crippen LogP contribution is -2.21. The first-order valence-corrected chi connectivity index (χ1v) is 4.66. The molecule has 3 heteroatoms. The predicted octanol–water partition coefficient (Wildman–Crippen LogP) is 1.98. The van der Waals surface area contributed by atoms with Crippen molar-refractivity contribution in [1.82, 2.24) is 9.55 Å². The molecule has 1 atom stereocenters. The molecule has 0 fully saturated rings. The highest BCUT2D eigenvalue weighted by Crippen LogP contribution is 2.31. The van der Waals surface area contributed by atoms with E-state index in [4.69, 9.17) is 0 Å². The highest BCUT2D eigenvalue weighted by Gasteiger charge is 2.26. The molecule has 1 aromatic heterocycles. The molecule has 0 amide bonds. The number of imidazole rings is 1. The minimum atomic E-state index is -0.498. The summed E-state index contributed by atoms with van der Waals surface area (Å²) in [5.74, 6) is 0.759. The summed E-state index contributed by atoms with van der Waals surface area (Å²) < 4.78 is 1.97. The average Bonchev–Trinajstić information content (AvgIpc) is 2.48. The smallest absolute Gasteiger partial charge is 0.138 e. The van der Waals surface area contributed by atoms with E-state index in [2.05, 4.69) is 4.98 Å².